The molecule has 158 valence electrons. The van der Waals surface area contributed by atoms with Crippen molar-refractivity contribution in [1.29, 1.82) is 0 Å². The lowest BCUT2D eigenvalue weighted by atomic mass is 10.1. The van der Waals surface area contributed by atoms with Gasteiger partial charge in [-0.1, -0.05) is 6.07 Å². The number of fused-ring (bicyclic) bond motifs is 1. The van der Waals surface area contributed by atoms with Crippen LogP contribution in [0.3, 0.4) is 0 Å². The van der Waals surface area contributed by atoms with Crippen LogP contribution in [0.2, 0.25) is 0 Å². The first-order valence-corrected chi connectivity index (χ1v) is 10.3. The van der Waals surface area contributed by atoms with Gasteiger partial charge in [-0.05, 0) is 83.1 Å². The van der Waals surface area contributed by atoms with Crippen molar-refractivity contribution in [2.45, 2.75) is 77.5 Å². The van der Waals surface area contributed by atoms with Gasteiger partial charge in [0.05, 0.1) is 0 Å². The van der Waals surface area contributed by atoms with E-state index >= 15 is 0 Å². The molecular weight excluding hydrogens is 372 g/mol. The highest BCUT2D eigenvalue weighted by Crippen LogP contribution is 2.25. The summed E-state index contributed by atoms with van der Waals surface area (Å²) in [6.45, 7) is 7.30. The van der Waals surface area contributed by atoms with Gasteiger partial charge in [-0.15, -0.1) is 0 Å². The Bertz CT molecular complexity index is 799. The molecule has 1 heterocycles. The molecule has 0 saturated carbocycles. The Morgan fingerprint density at radius 3 is 2.59 bits per heavy atom. The smallest absolute Gasteiger partial charge is 0.411 e. The van der Waals surface area contributed by atoms with Gasteiger partial charge in [-0.2, -0.15) is 0 Å². The molecule has 1 aliphatic carbocycles. The number of amides is 2. The summed E-state index contributed by atoms with van der Waals surface area (Å²) in [5.74, 6) is -0.969. The zero-order valence-electron chi connectivity index (χ0n) is 17.6. The first kappa shape index (κ1) is 21.1. The van der Waals surface area contributed by atoms with Crippen molar-refractivity contribution in [3.05, 3.63) is 29.3 Å². The van der Waals surface area contributed by atoms with E-state index in [0.29, 0.717) is 25.1 Å². The highest BCUT2D eigenvalue weighted by atomic mass is 16.6. The van der Waals surface area contributed by atoms with Gasteiger partial charge in [0.2, 0.25) is 0 Å². The van der Waals surface area contributed by atoms with Gasteiger partial charge in [0.1, 0.15) is 11.6 Å². The fourth-order valence-electron chi connectivity index (χ4n) is 3.75. The molecule has 0 aromatic heterocycles. The van der Waals surface area contributed by atoms with E-state index in [4.69, 9.17) is 9.47 Å². The van der Waals surface area contributed by atoms with Crippen LogP contribution >= 0.6 is 0 Å². The molecule has 1 N–H and O–H groups in total. The second-order valence-electron chi connectivity index (χ2n) is 8.74. The van der Waals surface area contributed by atoms with Crippen molar-refractivity contribution >= 4 is 23.7 Å². The molecule has 0 radical (unpaired) electrons. The maximum absolute atomic E-state index is 12.6. The Labute approximate surface area is 171 Å². The number of hydrogen-bond acceptors (Lipinski definition) is 5. The van der Waals surface area contributed by atoms with Crippen LogP contribution in [-0.2, 0) is 31.9 Å². The summed E-state index contributed by atoms with van der Waals surface area (Å²) in [7, 11) is 0. The third kappa shape index (κ3) is 5.28. The first-order valence-electron chi connectivity index (χ1n) is 10.3. The summed E-state index contributed by atoms with van der Waals surface area (Å²) in [6.07, 6.45) is 2.92. The summed E-state index contributed by atoms with van der Waals surface area (Å²) >= 11 is 0. The maximum Gasteiger partial charge on any atom is 0.411 e. The zero-order valence-corrected chi connectivity index (χ0v) is 17.6. The van der Waals surface area contributed by atoms with Crippen LogP contribution in [0.1, 0.15) is 58.1 Å². The highest BCUT2D eigenvalue weighted by Gasteiger charge is 2.38. The predicted molar refractivity (Wildman–Crippen MR) is 109 cm³/mol. The Morgan fingerprint density at radius 1 is 1.14 bits per heavy atom. The third-order valence-corrected chi connectivity index (χ3v) is 5.18. The minimum atomic E-state index is -0.961. The molecule has 1 fully saturated rings. The number of ether oxygens (including phenoxy) is 2. The number of benzene rings is 1. The summed E-state index contributed by atoms with van der Waals surface area (Å²) in [4.78, 5) is 38.8. The molecule has 1 saturated heterocycles. The van der Waals surface area contributed by atoms with Crippen molar-refractivity contribution in [2.24, 2.45) is 0 Å². The SMILES string of the molecule is C[C@H](OC(=O)[C@@H]1CCCN1C(=O)OC(C)(C)C)C(=O)Nc1ccc2c(c1)CCC2. The van der Waals surface area contributed by atoms with Crippen molar-refractivity contribution in [2.75, 3.05) is 11.9 Å². The lowest BCUT2D eigenvalue weighted by molar-refractivity contribution is -0.157. The van der Waals surface area contributed by atoms with E-state index in [1.165, 1.54) is 23.0 Å². The van der Waals surface area contributed by atoms with E-state index in [2.05, 4.69) is 5.32 Å². The van der Waals surface area contributed by atoms with Crippen LogP contribution in [0.4, 0.5) is 10.5 Å². The molecular formula is C22H30N2O5. The van der Waals surface area contributed by atoms with Crippen molar-refractivity contribution in [3.8, 4) is 0 Å². The van der Waals surface area contributed by atoms with Crippen LogP contribution < -0.4 is 5.32 Å². The molecule has 2 atom stereocenters. The van der Waals surface area contributed by atoms with Crippen LogP contribution in [-0.4, -0.2) is 47.2 Å². The highest BCUT2D eigenvalue weighted by molar-refractivity contribution is 5.95. The fraction of sp³-hybridized carbons (Fsp3) is 0.591. The van der Waals surface area contributed by atoms with E-state index in [9.17, 15) is 14.4 Å². The van der Waals surface area contributed by atoms with Gasteiger partial charge in [0.25, 0.3) is 5.91 Å². The van der Waals surface area contributed by atoms with Crippen LogP contribution in [0.5, 0.6) is 0 Å². The number of anilines is 1. The minimum Gasteiger partial charge on any atom is -0.451 e. The number of hydrogen-bond donors (Lipinski definition) is 1. The number of nitrogens with one attached hydrogen (secondary N) is 1. The first-order chi connectivity index (χ1) is 13.6. The fourth-order valence-corrected chi connectivity index (χ4v) is 3.75. The Kier molecular flexibility index (Phi) is 6.15. The predicted octanol–water partition coefficient (Wildman–Crippen LogP) is 3.45. The number of carbonyl (C=O) groups is 3. The lowest BCUT2D eigenvalue weighted by Crippen LogP contribution is -2.45. The van der Waals surface area contributed by atoms with E-state index in [0.717, 1.165) is 19.3 Å². The molecule has 29 heavy (non-hydrogen) atoms. The van der Waals surface area contributed by atoms with Crippen LogP contribution in [0.25, 0.3) is 0 Å². The summed E-state index contributed by atoms with van der Waals surface area (Å²) in [5, 5.41) is 2.81. The Morgan fingerprint density at radius 2 is 1.86 bits per heavy atom. The van der Waals surface area contributed by atoms with E-state index in [1.807, 2.05) is 18.2 Å². The molecule has 7 heteroatoms. The number of carbonyl (C=O) groups excluding carboxylic acids is 3. The second-order valence-corrected chi connectivity index (χ2v) is 8.74. The molecule has 0 unspecified atom stereocenters. The topological polar surface area (TPSA) is 84.9 Å². The quantitative estimate of drug-likeness (QED) is 0.780. The van der Waals surface area contributed by atoms with Crippen molar-refractivity contribution in [1.82, 2.24) is 4.90 Å². The molecule has 2 amide bonds. The average Bonchev–Trinajstić information content (AvgIpc) is 3.29. The van der Waals surface area contributed by atoms with Gasteiger partial charge in [0.15, 0.2) is 6.10 Å². The number of esters is 1. The molecule has 1 aromatic rings. The molecule has 1 aromatic carbocycles. The monoisotopic (exact) mass is 402 g/mol. The van der Waals surface area contributed by atoms with Crippen molar-refractivity contribution < 1.29 is 23.9 Å². The standard InChI is InChI=1S/C22H30N2O5/c1-14(19(25)23-17-11-10-15-7-5-8-16(15)13-17)28-20(26)18-9-6-12-24(18)21(27)29-22(2,3)4/h10-11,13-14,18H,5-9,12H2,1-4H3,(H,23,25)/t14-,18-/m0/s1. The van der Waals surface area contributed by atoms with Crippen LogP contribution in [0, 0.1) is 0 Å². The van der Waals surface area contributed by atoms with Gasteiger partial charge in [-0.25, -0.2) is 9.59 Å². The van der Waals surface area contributed by atoms with Gasteiger partial charge >= 0.3 is 12.1 Å². The number of nitrogens with zero attached hydrogens (tertiary/aromatic N) is 1. The Hall–Kier alpha value is -2.57. The third-order valence-electron chi connectivity index (χ3n) is 5.18. The largest absolute Gasteiger partial charge is 0.451 e. The summed E-state index contributed by atoms with van der Waals surface area (Å²) in [6, 6.07) is 5.17. The number of likely N-dealkylation sites (tertiary alicyclic amines) is 1. The van der Waals surface area contributed by atoms with E-state index in [1.54, 1.807) is 20.8 Å². The summed E-state index contributed by atoms with van der Waals surface area (Å²) < 4.78 is 10.7. The lowest BCUT2D eigenvalue weighted by Gasteiger charge is -2.28. The minimum absolute atomic E-state index is 0.391. The molecule has 0 bridgehead atoms. The van der Waals surface area contributed by atoms with Crippen molar-refractivity contribution in [3.63, 3.8) is 0 Å². The van der Waals surface area contributed by atoms with Gasteiger partial charge < -0.3 is 14.8 Å². The zero-order chi connectivity index (χ0) is 21.2. The molecule has 3 rings (SSSR count). The van der Waals surface area contributed by atoms with E-state index in [-0.39, 0.29) is 0 Å². The average molecular weight is 402 g/mol. The van der Waals surface area contributed by atoms with Gasteiger partial charge in [0, 0.05) is 12.2 Å². The summed E-state index contributed by atoms with van der Waals surface area (Å²) in [5.41, 5.74) is 2.64. The van der Waals surface area contributed by atoms with Gasteiger partial charge in [-0.3, -0.25) is 9.69 Å². The second kappa shape index (κ2) is 8.43. The molecule has 0 spiro atoms. The maximum atomic E-state index is 12.6. The number of aryl methyl sites for hydroxylation is 2. The number of rotatable bonds is 4. The molecule has 2 aliphatic rings. The molecule has 7 nitrogen and oxygen atoms in total. The van der Waals surface area contributed by atoms with E-state index < -0.39 is 35.7 Å². The molecule has 1 aliphatic heterocycles. The Balaban J connectivity index is 1.56. The normalized spacial score (nSPS) is 19.4. The van der Waals surface area contributed by atoms with Crippen LogP contribution in [0.15, 0.2) is 18.2 Å².